The third-order valence-electron chi connectivity index (χ3n) is 7.00. The van der Waals surface area contributed by atoms with Crippen molar-refractivity contribution in [3.05, 3.63) is 82.3 Å². The fraction of sp³-hybridized carbons (Fsp3) is 0.321. The monoisotopic (exact) mass is 655 g/mol. The maximum absolute atomic E-state index is 13.7. The normalized spacial score (nSPS) is 18.5. The molecule has 0 aliphatic carbocycles. The Bertz CT molecular complexity index is 1650. The van der Waals surface area contributed by atoms with E-state index in [4.69, 9.17) is 27.9 Å². The molecule has 0 saturated carbocycles. The minimum absolute atomic E-state index is 0.0180. The highest BCUT2D eigenvalue weighted by atomic mass is 35.5. The van der Waals surface area contributed by atoms with Crippen molar-refractivity contribution in [2.45, 2.75) is 35.8 Å². The summed E-state index contributed by atoms with van der Waals surface area (Å²) >= 11 is 11.8. The van der Waals surface area contributed by atoms with E-state index in [1.807, 2.05) is 6.92 Å². The molecule has 0 saturated heterocycles. The average molecular weight is 657 g/mol. The van der Waals surface area contributed by atoms with E-state index in [0.717, 1.165) is 0 Å². The Morgan fingerprint density at radius 2 is 1.57 bits per heavy atom. The molecular weight excluding hydrogens is 625 g/mol. The molecule has 4 rings (SSSR count). The van der Waals surface area contributed by atoms with Crippen LogP contribution in [0.25, 0.3) is 0 Å². The van der Waals surface area contributed by atoms with E-state index in [-0.39, 0.29) is 52.4 Å². The molecule has 0 bridgehead atoms. The van der Waals surface area contributed by atoms with Crippen LogP contribution in [0.5, 0.6) is 5.75 Å². The quantitative estimate of drug-likeness (QED) is 0.350. The van der Waals surface area contributed by atoms with Crippen LogP contribution in [0.3, 0.4) is 0 Å². The number of benzene rings is 3. The van der Waals surface area contributed by atoms with Gasteiger partial charge < -0.3 is 14.7 Å². The summed E-state index contributed by atoms with van der Waals surface area (Å²) in [6.07, 6.45) is -0.700. The van der Waals surface area contributed by atoms with Crippen LogP contribution >= 0.6 is 23.2 Å². The molecule has 0 fully saturated rings. The number of hydrogen-bond acceptors (Lipinski definition) is 7. The van der Waals surface area contributed by atoms with Crippen LogP contribution in [-0.2, 0) is 20.0 Å². The van der Waals surface area contributed by atoms with Gasteiger partial charge in [-0.2, -0.15) is 4.31 Å². The first-order chi connectivity index (χ1) is 19.7. The molecule has 0 aromatic heterocycles. The van der Waals surface area contributed by atoms with Crippen molar-refractivity contribution in [2.24, 2.45) is 5.92 Å². The fourth-order valence-electron chi connectivity index (χ4n) is 4.47. The average Bonchev–Trinajstić information content (AvgIpc) is 2.95. The van der Waals surface area contributed by atoms with Crippen molar-refractivity contribution >= 4 is 54.8 Å². The second-order valence-electron chi connectivity index (χ2n) is 10.1. The van der Waals surface area contributed by atoms with E-state index in [2.05, 4.69) is 4.72 Å². The maximum Gasteiger partial charge on any atom is 0.261 e. The van der Waals surface area contributed by atoms with Gasteiger partial charge in [0.1, 0.15) is 11.9 Å². The first-order valence-corrected chi connectivity index (χ1v) is 16.6. The second kappa shape index (κ2) is 12.8. The van der Waals surface area contributed by atoms with Gasteiger partial charge in [-0.05, 0) is 73.7 Å². The first kappa shape index (κ1) is 32.1. The highest BCUT2D eigenvalue weighted by Gasteiger charge is 2.35. The van der Waals surface area contributed by atoms with Gasteiger partial charge in [-0.25, -0.2) is 16.8 Å². The molecule has 0 radical (unpaired) electrons. The molecule has 3 atom stereocenters. The van der Waals surface area contributed by atoms with E-state index < -0.39 is 38.1 Å². The largest absolute Gasteiger partial charge is 0.488 e. The van der Waals surface area contributed by atoms with Gasteiger partial charge in [0.15, 0.2) is 0 Å². The van der Waals surface area contributed by atoms with Crippen molar-refractivity contribution in [1.29, 1.82) is 0 Å². The number of likely N-dealkylation sites (N-methyl/N-ethyl adjacent to an activating group) is 1. The Balaban J connectivity index is 1.68. The third kappa shape index (κ3) is 7.01. The van der Waals surface area contributed by atoms with Crippen LogP contribution in [0.4, 0.5) is 5.69 Å². The Morgan fingerprint density at radius 1 is 1.00 bits per heavy atom. The number of aliphatic hydroxyl groups excluding tert-OH is 1. The van der Waals surface area contributed by atoms with Crippen molar-refractivity contribution in [1.82, 2.24) is 9.21 Å². The van der Waals surface area contributed by atoms with Gasteiger partial charge in [-0.3, -0.25) is 9.52 Å². The van der Waals surface area contributed by atoms with Gasteiger partial charge in [0.05, 0.1) is 34.5 Å². The number of sulfonamides is 2. The van der Waals surface area contributed by atoms with Crippen LogP contribution in [0.2, 0.25) is 10.0 Å². The lowest BCUT2D eigenvalue weighted by Gasteiger charge is -2.38. The number of anilines is 1. The number of hydrogen-bond donors (Lipinski definition) is 2. The van der Waals surface area contributed by atoms with E-state index in [1.54, 1.807) is 6.92 Å². The summed E-state index contributed by atoms with van der Waals surface area (Å²) in [7, 11) is -6.45. The minimum Gasteiger partial charge on any atom is -0.488 e. The molecule has 14 heteroatoms. The van der Waals surface area contributed by atoms with E-state index in [1.165, 1.54) is 83.0 Å². The summed E-state index contributed by atoms with van der Waals surface area (Å²) in [4.78, 5) is 15.2. The van der Waals surface area contributed by atoms with Crippen LogP contribution in [0, 0.1) is 5.92 Å². The number of fused-ring (bicyclic) bond motifs is 1. The summed E-state index contributed by atoms with van der Waals surface area (Å²) in [5.41, 5.74) is 0.177. The van der Waals surface area contributed by atoms with E-state index in [0.29, 0.717) is 10.0 Å². The summed E-state index contributed by atoms with van der Waals surface area (Å²) in [6, 6.07) is 15.2. The van der Waals surface area contributed by atoms with Crippen molar-refractivity contribution in [2.75, 3.05) is 31.5 Å². The number of halogens is 2. The number of ether oxygens (including phenoxy) is 1. The number of amides is 1. The lowest BCUT2D eigenvalue weighted by atomic mass is 9.99. The summed E-state index contributed by atoms with van der Waals surface area (Å²) < 4.78 is 62.4. The molecule has 1 aliphatic heterocycles. The van der Waals surface area contributed by atoms with Gasteiger partial charge in [0.25, 0.3) is 15.9 Å². The number of nitrogens with one attached hydrogen (secondary N) is 1. The number of rotatable bonds is 9. The lowest BCUT2D eigenvalue weighted by Crippen LogP contribution is -2.50. The fourth-order valence-corrected chi connectivity index (χ4v) is 6.95. The van der Waals surface area contributed by atoms with E-state index >= 15 is 0 Å². The SMILES string of the molecule is C[C@@H]1CN([C@@H](C)CO)C(=O)c2cc(NS(=O)(=O)c3ccc(Cl)cc3)ccc2O[C@@H]1CN(C)S(=O)(=O)c1ccc(Cl)cc1. The van der Waals surface area contributed by atoms with Crippen LogP contribution < -0.4 is 9.46 Å². The molecule has 1 aliphatic rings. The standard InChI is InChI=1S/C28H31Cl2N3O7S2/c1-18-15-33(19(2)17-34)28(35)25-14-22(31-41(36,37)23-9-4-20(29)5-10-23)8-13-26(25)40-27(18)16-32(3)42(38,39)24-11-6-21(30)7-12-24/h4-14,18-19,27,31,34H,15-17H2,1-3H3/t18-,19+,27-/m1/s1. The Hall–Kier alpha value is -2.87. The van der Waals surface area contributed by atoms with Gasteiger partial charge in [0, 0.05) is 35.2 Å². The van der Waals surface area contributed by atoms with Crippen LogP contribution in [-0.4, -0.2) is 75.9 Å². The summed E-state index contributed by atoms with van der Waals surface area (Å²) in [5, 5.41) is 10.7. The Kier molecular flexibility index (Phi) is 9.75. The van der Waals surface area contributed by atoms with Gasteiger partial charge in [-0.15, -0.1) is 0 Å². The Morgan fingerprint density at radius 3 is 2.14 bits per heavy atom. The van der Waals surface area contributed by atoms with Gasteiger partial charge >= 0.3 is 0 Å². The molecular formula is C28H31Cl2N3O7S2. The number of carbonyl (C=O) groups is 1. The third-order valence-corrected chi connectivity index (χ3v) is 10.7. The second-order valence-corrected chi connectivity index (χ2v) is 14.7. The minimum atomic E-state index is -4.00. The molecule has 226 valence electrons. The number of carbonyl (C=O) groups excluding carboxylic acids is 1. The Labute approximate surface area is 255 Å². The summed E-state index contributed by atoms with van der Waals surface area (Å²) in [6.45, 7) is 3.31. The molecule has 1 heterocycles. The predicted molar refractivity (Wildman–Crippen MR) is 161 cm³/mol. The van der Waals surface area contributed by atoms with Gasteiger partial charge in [-0.1, -0.05) is 30.1 Å². The number of nitrogens with zero attached hydrogens (tertiary/aromatic N) is 2. The topological polar surface area (TPSA) is 133 Å². The maximum atomic E-state index is 13.7. The molecule has 10 nitrogen and oxygen atoms in total. The molecule has 1 amide bonds. The molecule has 42 heavy (non-hydrogen) atoms. The number of aliphatic hydroxyl groups is 1. The smallest absolute Gasteiger partial charge is 0.261 e. The molecule has 2 N–H and O–H groups in total. The zero-order chi connectivity index (χ0) is 30.8. The zero-order valence-corrected chi connectivity index (χ0v) is 26.2. The van der Waals surface area contributed by atoms with Crippen LogP contribution in [0.15, 0.2) is 76.5 Å². The van der Waals surface area contributed by atoms with Crippen molar-refractivity contribution in [3.63, 3.8) is 0 Å². The molecule has 3 aromatic carbocycles. The molecule has 3 aromatic rings. The molecule has 0 unspecified atom stereocenters. The zero-order valence-electron chi connectivity index (χ0n) is 23.1. The summed E-state index contributed by atoms with van der Waals surface area (Å²) in [5.74, 6) is -0.660. The van der Waals surface area contributed by atoms with Gasteiger partial charge in [0.2, 0.25) is 10.0 Å². The van der Waals surface area contributed by atoms with Crippen molar-refractivity contribution in [3.8, 4) is 5.75 Å². The van der Waals surface area contributed by atoms with Crippen molar-refractivity contribution < 1.29 is 31.5 Å². The van der Waals surface area contributed by atoms with Crippen LogP contribution in [0.1, 0.15) is 24.2 Å². The predicted octanol–water partition coefficient (Wildman–Crippen LogP) is 4.34. The highest BCUT2D eigenvalue weighted by Crippen LogP contribution is 2.32. The molecule has 0 spiro atoms. The first-order valence-electron chi connectivity index (χ1n) is 13.0. The van der Waals surface area contributed by atoms with E-state index in [9.17, 15) is 26.7 Å². The lowest BCUT2D eigenvalue weighted by molar-refractivity contribution is 0.0387. The highest BCUT2D eigenvalue weighted by molar-refractivity contribution is 7.92.